The zero-order valence-corrected chi connectivity index (χ0v) is 16.0. The van der Waals surface area contributed by atoms with Crippen LogP contribution in [0.2, 0.25) is 0 Å². The number of nitrogens with zero attached hydrogens (tertiary/aromatic N) is 1. The van der Waals surface area contributed by atoms with Crippen molar-refractivity contribution >= 4 is 29.2 Å². The van der Waals surface area contributed by atoms with Crippen molar-refractivity contribution in [2.45, 2.75) is 45.1 Å². The molecule has 2 amide bonds. The number of benzene rings is 1. The molecule has 0 unspecified atom stereocenters. The summed E-state index contributed by atoms with van der Waals surface area (Å²) < 4.78 is 4.97. The first kappa shape index (κ1) is 19.7. The summed E-state index contributed by atoms with van der Waals surface area (Å²) in [7, 11) is 0. The van der Waals surface area contributed by atoms with E-state index in [1.165, 1.54) is 19.3 Å². The Kier molecular flexibility index (Phi) is 6.84. The normalized spacial score (nSPS) is 14.2. The van der Waals surface area contributed by atoms with Crippen LogP contribution in [0.4, 0.5) is 22.0 Å². The van der Waals surface area contributed by atoms with Gasteiger partial charge in [0.05, 0.1) is 24.1 Å². The summed E-state index contributed by atoms with van der Waals surface area (Å²) in [5, 5.41) is 8.99. The molecule has 0 saturated heterocycles. The highest BCUT2D eigenvalue weighted by Crippen LogP contribution is 2.19. The van der Waals surface area contributed by atoms with Crippen molar-refractivity contribution < 1.29 is 14.3 Å². The smallest absolute Gasteiger partial charge is 0.338 e. The van der Waals surface area contributed by atoms with Crippen LogP contribution >= 0.6 is 0 Å². The molecule has 2 aromatic rings. The molecule has 1 aliphatic rings. The maximum absolute atomic E-state index is 12.1. The van der Waals surface area contributed by atoms with E-state index in [-0.39, 0.29) is 18.0 Å². The summed E-state index contributed by atoms with van der Waals surface area (Å²) in [6.45, 7) is 2.12. The number of hydrogen-bond acceptors (Lipinski definition) is 5. The maximum atomic E-state index is 12.1. The molecular formula is C21H26N4O3. The lowest BCUT2D eigenvalue weighted by atomic mass is 9.96. The maximum Gasteiger partial charge on any atom is 0.338 e. The van der Waals surface area contributed by atoms with Gasteiger partial charge >= 0.3 is 12.0 Å². The van der Waals surface area contributed by atoms with Crippen molar-refractivity contribution in [3.8, 4) is 0 Å². The summed E-state index contributed by atoms with van der Waals surface area (Å²) in [6.07, 6.45) is 7.30. The Bertz CT molecular complexity index is 784. The average molecular weight is 382 g/mol. The molecule has 7 heteroatoms. The Hall–Kier alpha value is -3.09. The van der Waals surface area contributed by atoms with E-state index in [0.717, 1.165) is 18.5 Å². The molecule has 1 heterocycles. The number of nitrogens with one attached hydrogen (secondary N) is 3. The highest BCUT2D eigenvalue weighted by Gasteiger charge is 2.15. The van der Waals surface area contributed by atoms with Crippen molar-refractivity contribution in [3.05, 3.63) is 48.2 Å². The van der Waals surface area contributed by atoms with Gasteiger partial charge in [-0.05, 0) is 56.2 Å². The SMILES string of the molecule is CCOC(=O)c1ccc(Nc2ccc(NC(=O)NC3CCCCC3)cn2)cc1. The Balaban J connectivity index is 1.51. The average Bonchev–Trinajstić information content (AvgIpc) is 2.71. The molecule has 148 valence electrons. The van der Waals surface area contributed by atoms with Gasteiger partial charge in [-0.1, -0.05) is 19.3 Å². The number of pyridine rings is 1. The third-order valence-corrected chi connectivity index (χ3v) is 4.63. The van der Waals surface area contributed by atoms with Gasteiger partial charge in [0.15, 0.2) is 0 Å². The Morgan fingerprint density at radius 1 is 1.04 bits per heavy atom. The Morgan fingerprint density at radius 3 is 2.39 bits per heavy atom. The first-order valence-corrected chi connectivity index (χ1v) is 9.72. The van der Waals surface area contributed by atoms with E-state index >= 15 is 0 Å². The molecule has 1 fully saturated rings. The minimum absolute atomic E-state index is 0.191. The summed E-state index contributed by atoms with van der Waals surface area (Å²) >= 11 is 0. The molecule has 1 aromatic heterocycles. The topological polar surface area (TPSA) is 92.4 Å². The third kappa shape index (κ3) is 5.70. The molecule has 0 spiro atoms. The largest absolute Gasteiger partial charge is 0.462 e. The lowest BCUT2D eigenvalue weighted by Gasteiger charge is -2.22. The van der Waals surface area contributed by atoms with Gasteiger partial charge in [-0.2, -0.15) is 0 Å². The Labute approximate surface area is 164 Å². The van der Waals surface area contributed by atoms with E-state index in [4.69, 9.17) is 4.74 Å². The van der Waals surface area contributed by atoms with Gasteiger partial charge in [0.1, 0.15) is 5.82 Å². The van der Waals surface area contributed by atoms with Gasteiger partial charge in [0, 0.05) is 11.7 Å². The predicted molar refractivity (Wildman–Crippen MR) is 109 cm³/mol. The van der Waals surface area contributed by atoms with Gasteiger partial charge < -0.3 is 20.7 Å². The standard InChI is InChI=1S/C21H26N4O3/c1-2-28-20(26)15-8-10-17(11-9-15)23-19-13-12-18(14-22-19)25-21(27)24-16-6-4-3-5-7-16/h8-14,16H,2-7H2,1H3,(H,22,23)(H2,24,25,27). The molecule has 1 saturated carbocycles. The van der Waals surface area contributed by atoms with Crippen molar-refractivity contribution in [2.24, 2.45) is 0 Å². The van der Waals surface area contributed by atoms with Crippen molar-refractivity contribution in [3.63, 3.8) is 0 Å². The number of hydrogen-bond donors (Lipinski definition) is 3. The second-order valence-electron chi connectivity index (χ2n) is 6.79. The molecule has 7 nitrogen and oxygen atoms in total. The molecule has 1 aromatic carbocycles. The van der Waals surface area contributed by atoms with E-state index < -0.39 is 0 Å². The van der Waals surface area contributed by atoms with Crippen LogP contribution < -0.4 is 16.0 Å². The highest BCUT2D eigenvalue weighted by molar-refractivity contribution is 5.90. The number of amides is 2. The molecule has 28 heavy (non-hydrogen) atoms. The van der Waals surface area contributed by atoms with E-state index in [2.05, 4.69) is 20.9 Å². The van der Waals surface area contributed by atoms with Gasteiger partial charge in [0.25, 0.3) is 0 Å². The van der Waals surface area contributed by atoms with Crippen molar-refractivity contribution in [1.29, 1.82) is 0 Å². The molecule has 0 atom stereocenters. The van der Waals surface area contributed by atoms with Crippen LogP contribution in [0.25, 0.3) is 0 Å². The van der Waals surface area contributed by atoms with E-state index in [1.807, 2.05) is 0 Å². The number of rotatable bonds is 6. The fraction of sp³-hybridized carbons (Fsp3) is 0.381. The van der Waals surface area contributed by atoms with Crippen molar-refractivity contribution in [2.75, 3.05) is 17.2 Å². The molecule has 3 rings (SSSR count). The molecule has 0 aliphatic heterocycles. The van der Waals surface area contributed by atoms with E-state index in [1.54, 1.807) is 49.5 Å². The van der Waals surface area contributed by atoms with Gasteiger partial charge in [-0.15, -0.1) is 0 Å². The quantitative estimate of drug-likeness (QED) is 0.642. The first-order valence-electron chi connectivity index (χ1n) is 9.72. The van der Waals surface area contributed by atoms with Crippen LogP contribution in [0.15, 0.2) is 42.6 Å². The number of aromatic nitrogens is 1. The van der Waals surface area contributed by atoms with Crippen LogP contribution in [0.5, 0.6) is 0 Å². The molecule has 0 bridgehead atoms. The second kappa shape index (κ2) is 9.73. The minimum Gasteiger partial charge on any atom is -0.462 e. The summed E-state index contributed by atoms with van der Waals surface area (Å²) in [6, 6.07) is 10.6. The second-order valence-corrected chi connectivity index (χ2v) is 6.79. The zero-order chi connectivity index (χ0) is 19.8. The van der Waals surface area contributed by atoms with Gasteiger partial charge in [-0.3, -0.25) is 0 Å². The molecular weight excluding hydrogens is 356 g/mol. The van der Waals surface area contributed by atoms with Crippen LogP contribution in [0.3, 0.4) is 0 Å². The number of carbonyl (C=O) groups is 2. The molecule has 1 aliphatic carbocycles. The van der Waals surface area contributed by atoms with E-state index in [0.29, 0.717) is 23.7 Å². The zero-order valence-electron chi connectivity index (χ0n) is 16.0. The van der Waals surface area contributed by atoms with Crippen LogP contribution in [-0.2, 0) is 4.74 Å². The number of urea groups is 1. The fourth-order valence-corrected chi connectivity index (χ4v) is 3.19. The Morgan fingerprint density at radius 2 is 1.75 bits per heavy atom. The summed E-state index contributed by atoms with van der Waals surface area (Å²) in [5.41, 5.74) is 1.94. The predicted octanol–water partition coefficient (Wildman–Crippen LogP) is 4.46. The third-order valence-electron chi connectivity index (χ3n) is 4.63. The van der Waals surface area contributed by atoms with Crippen LogP contribution in [0, 0.1) is 0 Å². The number of esters is 1. The lowest BCUT2D eigenvalue weighted by molar-refractivity contribution is 0.0526. The van der Waals surface area contributed by atoms with Gasteiger partial charge in [-0.25, -0.2) is 14.6 Å². The molecule has 3 N–H and O–H groups in total. The minimum atomic E-state index is -0.339. The fourth-order valence-electron chi connectivity index (χ4n) is 3.19. The summed E-state index contributed by atoms with van der Waals surface area (Å²) in [5.74, 6) is 0.302. The van der Waals surface area contributed by atoms with E-state index in [9.17, 15) is 9.59 Å². The molecule has 0 radical (unpaired) electrons. The van der Waals surface area contributed by atoms with Gasteiger partial charge in [0.2, 0.25) is 0 Å². The van der Waals surface area contributed by atoms with Crippen molar-refractivity contribution in [1.82, 2.24) is 10.3 Å². The summed E-state index contributed by atoms with van der Waals surface area (Å²) in [4.78, 5) is 28.1. The first-order chi connectivity index (χ1) is 13.6. The number of ether oxygens (including phenoxy) is 1. The number of carbonyl (C=O) groups excluding carboxylic acids is 2. The highest BCUT2D eigenvalue weighted by atomic mass is 16.5. The monoisotopic (exact) mass is 382 g/mol. The van der Waals surface area contributed by atoms with Crippen LogP contribution in [-0.4, -0.2) is 29.6 Å². The van der Waals surface area contributed by atoms with Crippen LogP contribution in [0.1, 0.15) is 49.4 Å². The number of anilines is 3. The lowest BCUT2D eigenvalue weighted by Crippen LogP contribution is -2.39.